The Labute approximate surface area is 100 Å². The van der Waals surface area contributed by atoms with Crippen molar-refractivity contribution in [3.63, 3.8) is 0 Å². The Balaban J connectivity index is 2.70. The summed E-state index contributed by atoms with van der Waals surface area (Å²) >= 11 is 5.69. The van der Waals surface area contributed by atoms with Gasteiger partial charge in [-0.2, -0.15) is 5.26 Å². The van der Waals surface area contributed by atoms with Crippen LogP contribution in [0.1, 0.15) is 29.3 Å². The molecule has 0 bridgehead atoms. The van der Waals surface area contributed by atoms with E-state index in [0.717, 1.165) is 6.42 Å². The number of amides is 1. The smallest absolute Gasteiger partial charge is 0.251 e. The lowest BCUT2D eigenvalue weighted by Crippen LogP contribution is -2.35. The fourth-order valence-electron chi connectivity index (χ4n) is 1.21. The van der Waals surface area contributed by atoms with Crippen molar-refractivity contribution in [3.05, 3.63) is 35.4 Å². The van der Waals surface area contributed by atoms with Crippen LogP contribution in [-0.4, -0.2) is 17.8 Å². The molecule has 1 aromatic rings. The van der Waals surface area contributed by atoms with Gasteiger partial charge in [0.1, 0.15) is 0 Å². The SMILES string of the molecule is CCC(CCl)NC(=O)c1ccc(C#N)cc1. The van der Waals surface area contributed by atoms with Crippen LogP contribution in [-0.2, 0) is 0 Å². The maximum Gasteiger partial charge on any atom is 0.251 e. The summed E-state index contributed by atoms with van der Waals surface area (Å²) in [6.07, 6.45) is 0.797. The number of benzene rings is 1. The first-order valence-electron chi connectivity index (χ1n) is 5.08. The Morgan fingerprint density at radius 1 is 1.50 bits per heavy atom. The fourth-order valence-corrected chi connectivity index (χ4v) is 1.51. The number of alkyl halides is 1. The van der Waals surface area contributed by atoms with E-state index in [1.165, 1.54) is 0 Å². The highest BCUT2D eigenvalue weighted by Crippen LogP contribution is 2.04. The molecule has 3 nitrogen and oxygen atoms in total. The molecule has 1 amide bonds. The van der Waals surface area contributed by atoms with Crippen molar-refractivity contribution in [2.45, 2.75) is 19.4 Å². The van der Waals surface area contributed by atoms with E-state index >= 15 is 0 Å². The molecule has 0 aliphatic carbocycles. The molecule has 1 N–H and O–H groups in total. The molecule has 1 rings (SSSR count). The molecule has 0 aliphatic heterocycles. The molecule has 0 aliphatic rings. The van der Waals surface area contributed by atoms with Gasteiger partial charge in [0.05, 0.1) is 11.6 Å². The first kappa shape index (κ1) is 12.5. The molecular weight excluding hydrogens is 224 g/mol. The second-order valence-electron chi connectivity index (χ2n) is 3.42. The number of hydrogen-bond acceptors (Lipinski definition) is 2. The largest absolute Gasteiger partial charge is 0.348 e. The number of hydrogen-bond donors (Lipinski definition) is 1. The Morgan fingerprint density at radius 3 is 2.56 bits per heavy atom. The summed E-state index contributed by atoms with van der Waals surface area (Å²) < 4.78 is 0. The third-order valence-electron chi connectivity index (χ3n) is 2.29. The number of halogens is 1. The zero-order valence-corrected chi connectivity index (χ0v) is 9.79. The van der Waals surface area contributed by atoms with Crippen molar-refractivity contribution in [2.75, 3.05) is 5.88 Å². The van der Waals surface area contributed by atoms with Gasteiger partial charge in [-0.3, -0.25) is 4.79 Å². The van der Waals surface area contributed by atoms with Crippen molar-refractivity contribution < 1.29 is 4.79 Å². The van der Waals surface area contributed by atoms with E-state index in [1.807, 2.05) is 13.0 Å². The zero-order valence-electron chi connectivity index (χ0n) is 9.03. The average molecular weight is 237 g/mol. The average Bonchev–Trinajstić information content (AvgIpc) is 2.35. The van der Waals surface area contributed by atoms with E-state index in [2.05, 4.69) is 5.32 Å². The van der Waals surface area contributed by atoms with Gasteiger partial charge >= 0.3 is 0 Å². The molecule has 1 atom stereocenters. The van der Waals surface area contributed by atoms with Crippen LogP contribution in [0.15, 0.2) is 24.3 Å². The van der Waals surface area contributed by atoms with Crippen LogP contribution in [0.25, 0.3) is 0 Å². The Hall–Kier alpha value is -1.53. The van der Waals surface area contributed by atoms with Crippen molar-refractivity contribution in [1.29, 1.82) is 5.26 Å². The molecule has 0 heterocycles. The molecule has 1 aromatic carbocycles. The molecule has 0 aromatic heterocycles. The number of nitrogens with one attached hydrogen (secondary N) is 1. The second kappa shape index (κ2) is 6.14. The third-order valence-corrected chi connectivity index (χ3v) is 2.66. The minimum atomic E-state index is -0.156. The summed E-state index contributed by atoms with van der Waals surface area (Å²) in [6.45, 7) is 1.96. The Bertz CT molecular complexity index is 390. The Kier molecular flexibility index (Phi) is 4.81. The Morgan fingerprint density at radius 2 is 2.12 bits per heavy atom. The van der Waals surface area contributed by atoms with Crippen LogP contribution < -0.4 is 5.32 Å². The molecule has 16 heavy (non-hydrogen) atoms. The molecule has 1 unspecified atom stereocenters. The topological polar surface area (TPSA) is 52.9 Å². The van der Waals surface area contributed by atoms with E-state index in [0.29, 0.717) is 17.0 Å². The standard InChI is InChI=1S/C12H13ClN2O/c1-2-11(7-13)15-12(16)10-5-3-9(8-14)4-6-10/h3-6,11H,2,7H2,1H3,(H,15,16). The van der Waals surface area contributed by atoms with Gasteiger partial charge in [-0.15, -0.1) is 11.6 Å². The van der Waals surface area contributed by atoms with Gasteiger partial charge in [0.25, 0.3) is 5.91 Å². The summed E-state index contributed by atoms with van der Waals surface area (Å²) in [5, 5.41) is 11.4. The molecule has 0 radical (unpaired) electrons. The van der Waals surface area contributed by atoms with Crippen molar-refractivity contribution >= 4 is 17.5 Å². The van der Waals surface area contributed by atoms with Gasteiger partial charge in [0.2, 0.25) is 0 Å². The van der Waals surface area contributed by atoms with E-state index in [1.54, 1.807) is 24.3 Å². The molecule has 84 valence electrons. The van der Waals surface area contributed by atoms with Crippen LogP contribution in [0.3, 0.4) is 0 Å². The van der Waals surface area contributed by atoms with Crippen molar-refractivity contribution in [1.82, 2.24) is 5.32 Å². The highest BCUT2D eigenvalue weighted by Gasteiger charge is 2.10. The first-order valence-corrected chi connectivity index (χ1v) is 5.61. The summed E-state index contributed by atoms with van der Waals surface area (Å²) in [7, 11) is 0. The number of carbonyl (C=O) groups excluding carboxylic acids is 1. The molecule has 0 spiro atoms. The van der Waals surface area contributed by atoms with Crippen LogP contribution >= 0.6 is 11.6 Å². The molecule has 0 saturated carbocycles. The van der Waals surface area contributed by atoms with Gasteiger partial charge in [-0.25, -0.2) is 0 Å². The fraction of sp³-hybridized carbons (Fsp3) is 0.333. The maximum atomic E-state index is 11.7. The van der Waals surface area contributed by atoms with Crippen LogP contribution in [0.4, 0.5) is 0 Å². The monoisotopic (exact) mass is 236 g/mol. The van der Waals surface area contributed by atoms with Crippen LogP contribution in [0.2, 0.25) is 0 Å². The van der Waals surface area contributed by atoms with Crippen molar-refractivity contribution in [3.8, 4) is 6.07 Å². The van der Waals surface area contributed by atoms with E-state index in [9.17, 15) is 4.79 Å². The summed E-state index contributed by atoms with van der Waals surface area (Å²) in [6, 6.07) is 8.50. The molecule has 0 fully saturated rings. The van der Waals surface area contributed by atoms with Crippen LogP contribution in [0.5, 0.6) is 0 Å². The molecule has 0 saturated heterocycles. The lowest BCUT2D eigenvalue weighted by atomic mass is 10.1. The quantitative estimate of drug-likeness (QED) is 0.816. The second-order valence-corrected chi connectivity index (χ2v) is 3.73. The predicted molar refractivity (Wildman–Crippen MR) is 63.4 cm³/mol. The number of rotatable bonds is 4. The summed E-state index contributed by atoms with van der Waals surface area (Å²) in [5.74, 6) is 0.246. The lowest BCUT2D eigenvalue weighted by Gasteiger charge is -2.13. The first-order chi connectivity index (χ1) is 7.71. The number of nitrogens with zero attached hydrogens (tertiary/aromatic N) is 1. The van der Waals surface area contributed by atoms with Gasteiger partial charge in [-0.05, 0) is 30.7 Å². The predicted octanol–water partition coefficient (Wildman–Crippen LogP) is 2.31. The summed E-state index contributed by atoms with van der Waals surface area (Å²) in [4.78, 5) is 11.7. The lowest BCUT2D eigenvalue weighted by molar-refractivity contribution is 0.0940. The molecular formula is C12H13ClN2O. The summed E-state index contributed by atoms with van der Waals surface area (Å²) in [5.41, 5.74) is 1.09. The van der Waals surface area contributed by atoms with E-state index < -0.39 is 0 Å². The number of carbonyl (C=O) groups is 1. The van der Waals surface area contributed by atoms with Gasteiger partial charge in [0, 0.05) is 17.5 Å². The number of nitriles is 1. The van der Waals surface area contributed by atoms with Gasteiger partial charge < -0.3 is 5.32 Å². The minimum Gasteiger partial charge on any atom is -0.348 e. The van der Waals surface area contributed by atoms with Crippen molar-refractivity contribution in [2.24, 2.45) is 0 Å². The van der Waals surface area contributed by atoms with Crippen LogP contribution in [0, 0.1) is 11.3 Å². The van der Waals surface area contributed by atoms with E-state index in [4.69, 9.17) is 16.9 Å². The van der Waals surface area contributed by atoms with Gasteiger partial charge in [0.15, 0.2) is 0 Å². The van der Waals surface area contributed by atoms with E-state index in [-0.39, 0.29) is 11.9 Å². The normalized spacial score (nSPS) is 11.6. The highest BCUT2D eigenvalue weighted by atomic mass is 35.5. The maximum absolute atomic E-state index is 11.7. The highest BCUT2D eigenvalue weighted by molar-refractivity contribution is 6.18. The molecule has 4 heteroatoms. The third kappa shape index (κ3) is 3.25. The van der Waals surface area contributed by atoms with Gasteiger partial charge in [-0.1, -0.05) is 6.92 Å². The zero-order chi connectivity index (χ0) is 12.0. The minimum absolute atomic E-state index is 0.00944.